The van der Waals surface area contributed by atoms with Crippen molar-refractivity contribution in [2.24, 2.45) is 5.92 Å². The zero-order chi connectivity index (χ0) is 15.2. The number of carboxylic acids is 1. The second-order valence-electron chi connectivity index (χ2n) is 5.40. The number of hydrogen-bond donors (Lipinski definition) is 2. The van der Waals surface area contributed by atoms with Crippen molar-refractivity contribution in [1.82, 2.24) is 10.2 Å². The summed E-state index contributed by atoms with van der Waals surface area (Å²) in [5.41, 5.74) is 0. The lowest BCUT2D eigenvalue weighted by atomic mass is 9.98. The minimum Gasteiger partial charge on any atom is -0.480 e. The molecule has 0 bridgehead atoms. The average molecular weight is 294 g/mol. The van der Waals surface area contributed by atoms with Gasteiger partial charge in [-0.25, -0.2) is 0 Å². The second-order valence-corrected chi connectivity index (χ2v) is 5.40. The monoisotopic (exact) mass is 294 g/mol. The number of rotatable bonds is 6. The zero-order valence-corrected chi connectivity index (χ0v) is 12.3. The van der Waals surface area contributed by atoms with Crippen LogP contribution in [0, 0.1) is 5.92 Å². The van der Waals surface area contributed by atoms with Crippen molar-refractivity contribution in [3.8, 4) is 0 Å². The first-order valence-electron chi connectivity index (χ1n) is 7.40. The average Bonchev–Trinajstić information content (AvgIpc) is 2.95. The first-order valence-corrected chi connectivity index (χ1v) is 7.40. The van der Waals surface area contributed by atoms with Gasteiger partial charge >= 0.3 is 5.97 Å². The van der Waals surface area contributed by atoms with Crippen LogP contribution in [-0.4, -0.2) is 48.1 Å². The number of furan rings is 1. The molecule has 1 atom stereocenters. The van der Waals surface area contributed by atoms with Gasteiger partial charge in [-0.15, -0.1) is 0 Å². The molecule has 0 aromatic carbocycles. The number of aryl methyl sites for hydroxylation is 1. The van der Waals surface area contributed by atoms with Gasteiger partial charge in [0.2, 0.25) is 0 Å². The van der Waals surface area contributed by atoms with Crippen LogP contribution in [0.25, 0.3) is 0 Å². The smallest absolute Gasteiger partial charge is 0.317 e. The van der Waals surface area contributed by atoms with Gasteiger partial charge in [0.25, 0.3) is 5.91 Å². The highest BCUT2D eigenvalue weighted by Gasteiger charge is 2.26. The van der Waals surface area contributed by atoms with Gasteiger partial charge in [0, 0.05) is 26.1 Å². The highest BCUT2D eigenvalue weighted by Crippen LogP contribution is 2.19. The molecule has 1 aromatic rings. The van der Waals surface area contributed by atoms with E-state index in [0.29, 0.717) is 24.8 Å². The number of carbonyl (C=O) groups excluding carboxylic acids is 1. The lowest BCUT2D eigenvalue weighted by molar-refractivity contribution is -0.136. The Kier molecular flexibility index (Phi) is 5.38. The van der Waals surface area contributed by atoms with Gasteiger partial charge in [-0.05, 0) is 30.9 Å². The van der Waals surface area contributed by atoms with E-state index in [1.165, 1.54) is 0 Å². The molecule has 6 heteroatoms. The van der Waals surface area contributed by atoms with Crippen LogP contribution in [0.3, 0.4) is 0 Å². The van der Waals surface area contributed by atoms with Crippen molar-refractivity contribution in [3.05, 3.63) is 23.7 Å². The van der Waals surface area contributed by atoms with Crippen LogP contribution in [0.1, 0.15) is 36.1 Å². The fourth-order valence-corrected chi connectivity index (χ4v) is 2.64. The third kappa shape index (κ3) is 4.32. The maximum atomic E-state index is 12.4. The first-order chi connectivity index (χ1) is 10.1. The Balaban J connectivity index is 1.87. The van der Waals surface area contributed by atoms with E-state index in [4.69, 9.17) is 9.52 Å². The summed E-state index contributed by atoms with van der Waals surface area (Å²) in [6.45, 7) is 3.94. The lowest BCUT2D eigenvalue weighted by Gasteiger charge is -2.32. The molecule has 1 aliphatic rings. The maximum absolute atomic E-state index is 12.4. The molecule has 1 unspecified atom stereocenters. The number of nitrogens with one attached hydrogen (secondary N) is 1. The van der Waals surface area contributed by atoms with Crippen molar-refractivity contribution in [2.45, 2.75) is 26.2 Å². The molecule has 1 fully saturated rings. The molecule has 0 spiro atoms. The molecule has 1 aromatic heterocycles. The predicted molar refractivity (Wildman–Crippen MR) is 77.2 cm³/mol. The van der Waals surface area contributed by atoms with Crippen LogP contribution in [0.4, 0.5) is 0 Å². The van der Waals surface area contributed by atoms with Crippen molar-refractivity contribution >= 4 is 11.9 Å². The Labute approximate surface area is 124 Å². The zero-order valence-electron chi connectivity index (χ0n) is 12.3. The Morgan fingerprint density at radius 2 is 2.29 bits per heavy atom. The predicted octanol–water partition coefficient (Wildman–Crippen LogP) is 1.37. The first kappa shape index (κ1) is 15.6. The number of nitrogens with zero attached hydrogens (tertiary/aromatic N) is 1. The summed E-state index contributed by atoms with van der Waals surface area (Å²) in [7, 11) is 0. The summed E-state index contributed by atoms with van der Waals surface area (Å²) in [4.78, 5) is 24.7. The Morgan fingerprint density at radius 1 is 1.48 bits per heavy atom. The summed E-state index contributed by atoms with van der Waals surface area (Å²) in [5, 5.41) is 11.5. The fourth-order valence-electron chi connectivity index (χ4n) is 2.64. The van der Waals surface area contributed by atoms with Crippen LogP contribution in [0.15, 0.2) is 16.5 Å². The standard InChI is InChI=1S/C15H22N2O4/c1-2-12-5-6-13(21-12)15(20)17-7-3-4-11(10-17)8-16-9-14(18)19/h5-6,11,16H,2-4,7-10H2,1H3,(H,18,19). The van der Waals surface area contributed by atoms with E-state index in [2.05, 4.69) is 5.32 Å². The van der Waals surface area contributed by atoms with Gasteiger partial charge < -0.3 is 19.7 Å². The molecular formula is C15H22N2O4. The van der Waals surface area contributed by atoms with E-state index >= 15 is 0 Å². The number of hydrogen-bond acceptors (Lipinski definition) is 4. The van der Waals surface area contributed by atoms with E-state index in [1.54, 1.807) is 11.0 Å². The van der Waals surface area contributed by atoms with Gasteiger partial charge in [0.1, 0.15) is 5.76 Å². The molecule has 0 aliphatic carbocycles. The summed E-state index contributed by atoms with van der Waals surface area (Å²) < 4.78 is 5.51. The van der Waals surface area contributed by atoms with E-state index in [1.807, 2.05) is 13.0 Å². The molecule has 6 nitrogen and oxygen atoms in total. The van der Waals surface area contributed by atoms with Gasteiger partial charge in [-0.2, -0.15) is 0 Å². The van der Waals surface area contributed by atoms with E-state index in [-0.39, 0.29) is 12.5 Å². The molecule has 116 valence electrons. The molecule has 21 heavy (non-hydrogen) atoms. The van der Waals surface area contributed by atoms with Crippen molar-refractivity contribution in [2.75, 3.05) is 26.2 Å². The number of carboxylic acid groups (broad SMARTS) is 1. The Bertz CT molecular complexity index is 498. The van der Waals surface area contributed by atoms with E-state index in [0.717, 1.165) is 31.6 Å². The number of likely N-dealkylation sites (tertiary alicyclic amines) is 1. The SMILES string of the molecule is CCc1ccc(C(=O)N2CCCC(CNCC(=O)O)C2)o1. The lowest BCUT2D eigenvalue weighted by Crippen LogP contribution is -2.43. The van der Waals surface area contributed by atoms with Gasteiger partial charge in [0.05, 0.1) is 6.54 Å². The Hall–Kier alpha value is -1.82. The molecule has 2 rings (SSSR count). The molecule has 2 N–H and O–H groups in total. The molecule has 1 saturated heterocycles. The summed E-state index contributed by atoms with van der Waals surface area (Å²) in [6, 6.07) is 3.57. The third-order valence-electron chi connectivity index (χ3n) is 3.74. The molecule has 1 amide bonds. The van der Waals surface area contributed by atoms with Crippen LogP contribution >= 0.6 is 0 Å². The number of amides is 1. The quantitative estimate of drug-likeness (QED) is 0.828. The van der Waals surface area contributed by atoms with Gasteiger partial charge in [-0.3, -0.25) is 9.59 Å². The van der Waals surface area contributed by atoms with Crippen molar-refractivity contribution < 1.29 is 19.1 Å². The maximum Gasteiger partial charge on any atom is 0.317 e. The molecule has 0 radical (unpaired) electrons. The summed E-state index contributed by atoms with van der Waals surface area (Å²) in [5.74, 6) is 0.572. The van der Waals surface area contributed by atoms with Crippen LogP contribution < -0.4 is 5.32 Å². The molecular weight excluding hydrogens is 272 g/mol. The van der Waals surface area contributed by atoms with Crippen molar-refractivity contribution in [3.63, 3.8) is 0 Å². The van der Waals surface area contributed by atoms with Crippen molar-refractivity contribution in [1.29, 1.82) is 0 Å². The topological polar surface area (TPSA) is 82.8 Å². The molecule has 2 heterocycles. The third-order valence-corrected chi connectivity index (χ3v) is 3.74. The normalized spacial score (nSPS) is 18.7. The van der Waals surface area contributed by atoms with Gasteiger partial charge in [0.15, 0.2) is 5.76 Å². The molecule has 1 aliphatic heterocycles. The van der Waals surface area contributed by atoms with Crippen LogP contribution in [-0.2, 0) is 11.2 Å². The van der Waals surface area contributed by atoms with E-state index < -0.39 is 5.97 Å². The van der Waals surface area contributed by atoms with E-state index in [9.17, 15) is 9.59 Å². The minimum absolute atomic E-state index is 0.0392. The number of aliphatic carboxylic acids is 1. The van der Waals surface area contributed by atoms with Gasteiger partial charge in [-0.1, -0.05) is 6.92 Å². The Morgan fingerprint density at radius 3 is 2.95 bits per heavy atom. The van der Waals surface area contributed by atoms with Crippen LogP contribution in [0.5, 0.6) is 0 Å². The number of piperidine rings is 1. The highest BCUT2D eigenvalue weighted by atomic mass is 16.4. The minimum atomic E-state index is -0.860. The fraction of sp³-hybridized carbons (Fsp3) is 0.600. The summed E-state index contributed by atoms with van der Waals surface area (Å²) in [6.07, 6.45) is 2.72. The molecule has 0 saturated carbocycles. The summed E-state index contributed by atoms with van der Waals surface area (Å²) >= 11 is 0. The highest BCUT2D eigenvalue weighted by molar-refractivity contribution is 5.91. The second kappa shape index (κ2) is 7.26. The number of carbonyl (C=O) groups is 2. The largest absolute Gasteiger partial charge is 0.480 e. The van der Waals surface area contributed by atoms with Crippen LogP contribution in [0.2, 0.25) is 0 Å².